The van der Waals surface area contributed by atoms with E-state index < -0.39 is 11.9 Å². The van der Waals surface area contributed by atoms with Crippen molar-refractivity contribution in [2.45, 2.75) is 0 Å². The van der Waals surface area contributed by atoms with Gasteiger partial charge < -0.3 is 4.74 Å². The molecule has 6 heteroatoms. The number of hydrogen-bond acceptors (Lipinski definition) is 4. The Balaban J connectivity index is 2.70. The summed E-state index contributed by atoms with van der Waals surface area (Å²) < 4.78 is 4.63. The first-order chi connectivity index (χ1) is 6.63. The first kappa shape index (κ1) is 10.5. The van der Waals surface area contributed by atoms with E-state index in [4.69, 9.17) is 17.4 Å². The number of halogens is 1. The molecule has 1 aromatic rings. The molecule has 0 saturated carbocycles. The van der Waals surface area contributed by atoms with Crippen LogP contribution in [0.3, 0.4) is 0 Å². The zero-order chi connectivity index (χ0) is 10.6. The Morgan fingerprint density at radius 1 is 1.43 bits per heavy atom. The predicted octanol–water partition coefficient (Wildman–Crippen LogP) is 0.235. The van der Waals surface area contributed by atoms with Crippen molar-refractivity contribution in [1.29, 1.82) is 0 Å². The van der Waals surface area contributed by atoms with E-state index in [1.807, 2.05) is 0 Å². The van der Waals surface area contributed by atoms with Crippen LogP contribution in [-0.2, 0) is 9.59 Å². The highest BCUT2D eigenvalue weighted by molar-refractivity contribution is 6.33. The smallest absolute Gasteiger partial charge is 0.403 e. The Kier molecular flexibility index (Phi) is 3.44. The fourth-order valence-corrected chi connectivity index (χ4v) is 0.923. The van der Waals surface area contributed by atoms with Gasteiger partial charge in [0.15, 0.2) is 0 Å². The third-order valence-corrected chi connectivity index (χ3v) is 1.56. The van der Waals surface area contributed by atoms with Crippen molar-refractivity contribution < 1.29 is 14.3 Å². The second-order valence-electron chi connectivity index (χ2n) is 2.32. The Morgan fingerprint density at radius 3 is 2.71 bits per heavy atom. The van der Waals surface area contributed by atoms with Crippen molar-refractivity contribution in [2.24, 2.45) is 5.84 Å². The molecule has 0 aliphatic rings. The molecule has 0 aliphatic heterocycles. The number of ether oxygens (including phenoxy) is 1. The Morgan fingerprint density at radius 2 is 2.14 bits per heavy atom. The summed E-state index contributed by atoms with van der Waals surface area (Å²) in [4.78, 5) is 21.6. The monoisotopic (exact) mass is 214 g/mol. The molecule has 0 unspecified atom stereocenters. The molecule has 0 saturated heterocycles. The minimum atomic E-state index is -1.09. The topological polar surface area (TPSA) is 81.4 Å². The first-order valence-electron chi connectivity index (χ1n) is 3.62. The number of nitrogens with one attached hydrogen (secondary N) is 1. The number of rotatable bonds is 1. The van der Waals surface area contributed by atoms with Gasteiger partial charge in [0, 0.05) is 5.02 Å². The number of benzene rings is 1. The second kappa shape index (κ2) is 4.59. The molecule has 0 aromatic heterocycles. The van der Waals surface area contributed by atoms with Crippen LogP contribution < -0.4 is 16.0 Å². The van der Waals surface area contributed by atoms with E-state index in [0.717, 1.165) is 0 Å². The highest BCUT2D eigenvalue weighted by atomic mass is 35.5. The van der Waals surface area contributed by atoms with E-state index in [1.165, 1.54) is 12.1 Å². The minimum absolute atomic E-state index is 0.186. The standard InChI is InChI=1S/C8H7ClN2O3/c9-5-2-1-3-6(4-5)14-8(13)7(12)11-10/h1-4H,10H2,(H,11,12). The van der Waals surface area contributed by atoms with Crippen molar-refractivity contribution >= 4 is 23.5 Å². The van der Waals surface area contributed by atoms with Gasteiger partial charge in [-0.05, 0) is 18.2 Å². The third-order valence-electron chi connectivity index (χ3n) is 1.32. The summed E-state index contributed by atoms with van der Waals surface area (Å²) in [6.45, 7) is 0. The van der Waals surface area contributed by atoms with Gasteiger partial charge in [-0.15, -0.1) is 0 Å². The van der Waals surface area contributed by atoms with Gasteiger partial charge >= 0.3 is 11.9 Å². The number of hydrazine groups is 1. The van der Waals surface area contributed by atoms with Crippen LogP contribution in [0.1, 0.15) is 0 Å². The zero-order valence-corrected chi connectivity index (χ0v) is 7.75. The van der Waals surface area contributed by atoms with Crippen LogP contribution in [0.15, 0.2) is 24.3 Å². The maximum atomic E-state index is 10.9. The molecular formula is C8H7ClN2O3. The number of carbonyl (C=O) groups excluding carboxylic acids is 2. The lowest BCUT2D eigenvalue weighted by Crippen LogP contribution is -2.38. The number of amides is 1. The molecule has 0 aliphatic carbocycles. The lowest BCUT2D eigenvalue weighted by molar-refractivity contribution is -0.148. The lowest BCUT2D eigenvalue weighted by Gasteiger charge is -2.02. The van der Waals surface area contributed by atoms with Gasteiger partial charge in [-0.25, -0.2) is 10.6 Å². The van der Waals surface area contributed by atoms with Crippen molar-refractivity contribution in [2.75, 3.05) is 0 Å². The quantitative estimate of drug-likeness (QED) is 0.175. The van der Waals surface area contributed by atoms with Crippen LogP contribution in [0.25, 0.3) is 0 Å². The molecule has 1 amide bonds. The molecule has 1 aromatic carbocycles. The summed E-state index contributed by atoms with van der Waals surface area (Å²) in [5.41, 5.74) is 1.65. The zero-order valence-electron chi connectivity index (χ0n) is 6.99. The average molecular weight is 215 g/mol. The molecular weight excluding hydrogens is 208 g/mol. The molecule has 14 heavy (non-hydrogen) atoms. The van der Waals surface area contributed by atoms with Crippen molar-refractivity contribution in [3.63, 3.8) is 0 Å². The molecule has 3 N–H and O–H groups in total. The second-order valence-corrected chi connectivity index (χ2v) is 2.76. The summed E-state index contributed by atoms with van der Waals surface area (Å²) in [7, 11) is 0. The molecule has 1 rings (SSSR count). The number of nitrogens with two attached hydrogens (primary N) is 1. The van der Waals surface area contributed by atoms with E-state index >= 15 is 0 Å². The SMILES string of the molecule is NNC(=O)C(=O)Oc1cccc(Cl)c1. The van der Waals surface area contributed by atoms with Crippen LogP contribution in [-0.4, -0.2) is 11.9 Å². The number of esters is 1. The minimum Gasteiger partial charge on any atom is -0.419 e. The van der Waals surface area contributed by atoms with Gasteiger partial charge in [-0.1, -0.05) is 17.7 Å². The van der Waals surface area contributed by atoms with E-state index in [0.29, 0.717) is 5.02 Å². The van der Waals surface area contributed by atoms with E-state index in [-0.39, 0.29) is 5.75 Å². The van der Waals surface area contributed by atoms with Gasteiger partial charge in [0.1, 0.15) is 5.75 Å². The largest absolute Gasteiger partial charge is 0.419 e. The fourth-order valence-electron chi connectivity index (χ4n) is 0.743. The van der Waals surface area contributed by atoms with Crippen LogP contribution in [0.5, 0.6) is 5.75 Å². The van der Waals surface area contributed by atoms with E-state index in [2.05, 4.69) is 4.74 Å². The number of carbonyl (C=O) groups is 2. The summed E-state index contributed by atoms with van der Waals surface area (Å²) in [6, 6.07) is 6.10. The molecule has 74 valence electrons. The Hall–Kier alpha value is -1.59. The summed E-state index contributed by atoms with van der Waals surface area (Å²) in [5, 5.41) is 0.406. The molecule has 5 nitrogen and oxygen atoms in total. The summed E-state index contributed by atoms with van der Waals surface area (Å²) in [6.07, 6.45) is 0. The highest BCUT2D eigenvalue weighted by Gasteiger charge is 2.14. The van der Waals surface area contributed by atoms with E-state index in [9.17, 15) is 9.59 Å². The van der Waals surface area contributed by atoms with Gasteiger partial charge in [-0.3, -0.25) is 10.2 Å². The molecule has 0 spiro atoms. The maximum Gasteiger partial charge on any atom is 0.403 e. The average Bonchev–Trinajstić information content (AvgIpc) is 2.16. The number of hydrogen-bond donors (Lipinski definition) is 2. The van der Waals surface area contributed by atoms with Crippen LogP contribution in [0, 0.1) is 0 Å². The van der Waals surface area contributed by atoms with Gasteiger partial charge in [-0.2, -0.15) is 0 Å². The highest BCUT2D eigenvalue weighted by Crippen LogP contribution is 2.16. The lowest BCUT2D eigenvalue weighted by atomic mass is 10.3. The van der Waals surface area contributed by atoms with Gasteiger partial charge in [0.2, 0.25) is 0 Å². The molecule has 0 bridgehead atoms. The van der Waals surface area contributed by atoms with Crippen molar-refractivity contribution in [3.8, 4) is 5.75 Å². The molecule has 0 heterocycles. The van der Waals surface area contributed by atoms with Gasteiger partial charge in [0.05, 0.1) is 0 Å². The van der Waals surface area contributed by atoms with Crippen LogP contribution in [0.2, 0.25) is 5.02 Å². The van der Waals surface area contributed by atoms with Crippen molar-refractivity contribution in [3.05, 3.63) is 29.3 Å². The van der Waals surface area contributed by atoms with Crippen LogP contribution in [0.4, 0.5) is 0 Å². The summed E-state index contributed by atoms with van der Waals surface area (Å²) >= 11 is 5.63. The van der Waals surface area contributed by atoms with Crippen molar-refractivity contribution in [1.82, 2.24) is 5.43 Å². The Bertz CT molecular complexity index is 367. The Labute approximate surface area is 84.8 Å². The molecule has 0 fully saturated rings. The fraction of sp³-hybridized carbons (Fsp3) is 0. The normalized spacial score (nSPS) is 9.29. The third kappa shape index (κ3) is 2.72. The molecule has 0 atom stereocenters. The predicted molar refractivity (Wildman–Crippen MR) is 49.4 cm³/mol. The van der Waals surface area contributed by atoms with E-state index in [1.54, 1.807) is 17.6 Å². The van der Waals surface area contributed by atoms with Crippen LogP contribution >= 0.6 is 11.6 Å². The summed E-state index contributed by atoms with van der Waals surface area (Å²) in [5.74, 6) is 2.80. The molecule has 0 radical (unpaired) electrons. The first-order valence-corrected chi connectivity index (χ1v) is 3.99. The maximum absolute atomic E-state index is 10.9. The van der Waals surface area contributed by atoms with Gasteiger partial charge in [0.25, 0.3) is 0 Å².